The summed E-state index contributed by atoms with van der Waals surface area (Å²) in [6, 6.07) is 3.67. The van der Waals surface area contributed by atoms with Crippen LogP contribution in [0.25, 0.3) is 0 Å². The van der Waals surface area contributed by atoms with E-state index in [1.807, 2.05) is 0 Å². The van der Waals surface area contributed by atoms with Crippen LogP contribution in [-0.2, 0) is 4.79 Å². The molecule has 1 aromatic rings. The van der Waals surface area contributed by atoms with Crippen LogP contribution in [0.3, 0.4) is 0 Å². The van der Waals surface area contributed by atoms with Crippen LogP contribution in [0.2, 0.25) is 0 Å². The number of benzene rings is 1. The van der Waals surface area contributed by atoms with Crippen molar-refractivity contribution in [3.05, 3.63) is 35.1 Å². The van der Waals surface area contributed by atoms with E-state index in [0.717, 1.165) is 12.5 Å². The molecule has 20 heavy (non-hydrogen) atoms. The van der Waals surface area contributed by atoms with E-state index in [1.165, 1.54) is 6.07 Å². The zero-order chi connectivity index (χ0) is 14.9. The third kappa shape index (κ3) is 2.66. The van der Waals surface area contributed by atoms with Gasteiger partial charge in [-0.05, 0) is 50.5 Å². The molecule has 0 heterocycles. The number of carboxylic acid groups (broad SMARTS) is 1. The lowest BCUT2D eigenvalue weighted by molar-refractivity contribution is -0.148. The van der Waals surface area contributed by atoms with Gasteiger partial charge < -0.3 is 10.4 Å². The Balaban J connectivity index is 2.17. The minimum Gasteiger partial charge on any atom is -0.481 e. The Labute approximate surface area is 117 Å². The minimum atomic E-state index is -0.946. The number of halogens is 1. The minimum absolute atomic E-state index is 0.224. The van der Waals surface area contributed by atoms with Gasteiger partial charge in [0, 0.05) is 11.6 Å². The second-order valence-electron chi connectivity index (χ2n) is 5.66. The summed E-state index contributed by atoms with van der Waals surface area (Å²) in [7, 11) is 0. The zero-order valence-electron chi connectivity index (χ0n) is 11.6. The fourth-order valence-corrected chi connectivity index (χ4v) is 2.76. The third-order valence-corrected chi connectivity index (χ3v) is 4.06. The first-order valence-corrected chi connectivity index (χ1v) is 6.64. The number of amides is 1. The highest BCUT2D eigenvalue weighted by atomic mass is 19.1. The van der Waals surface area contributed by atoms with E-state index in [-0.39, 0.29) is 5.56 Å². The largest absolute Gasteiger partial charge is 0.481 e. The maximum atomic E-state index is 13.3. The van der Waals surface area contributed by atoms with Gasteiger partial charge in [0.15, 0.2) is 0 Å². The molecule has 2 N–H and O–H groups in total. The fraction of sp³-hybridized carbons (Fsp3) is 0.467. The van der Waals surface area contributed by atoms with Gasteiger partial charge in [-0.1, -0.05) is 6.42 Å². The van der Waals surface area contributed by atoms with Crippen LogP contribution in [0.15, 0.2) is 18.2 Å². The summed E-state index contributed by atoms with van der Waals surface area (Å²) in [6.07, 6.45) is 1.92. The summed E-state index contributed by atoms with van der Waals surface area (Å²) in [5.74, 6) is -1.80. The smallest absolute Gasteiger partial charge is 0.311 e. The normalized spacial score (nSPS) is 25.4. The first-order chi connectivity index (χ1) is 9.33. The number of hydrogen-bond donors (Lipinski definition) is 2. The Kier molecular flexibility index (Phi) is 3.79. The van der Waals surface area contributed by atoms with E-state index in [1.54, 1.807) is 19.9 Å². The van der Waals surface area contributed by atoms with Gasteiger partial charge >= 0.3 is 5.97 Å². The second-order valence-corrected chi connectivity index (χ2v) is 5.66. The van der Waals surface area contributed by atoms with Crippen LogP contribution in [0.4, 0.5) is 4.39 Å². The number of carbonyl (C=O) groups is 2. The van der Waals surface area contributed by atoms with Gasteiger partial charge in [0.2, 0.25) is 0 Å². The van der Waals surface area contributed by atoms with E-state index in [4.69, 9.17) is 0 Å². The lowest BCUT2D eigenvalue weighted by Crippen LogP contribution is -2.47. The summed E-state index contributed by atoms with van der Waals surface area (Å²) in [5, 5.41) is 12.0. The van der Waals surface area contributed by atoms with Crippen molar-refractivity contribution >= 4 is 11.9 Å². The van der Waals surface area contributed by atoms with Gasteiger partial charge in [-0.2, -0.15) is 0 Å². The molecule has 1 aromatic carbocycles. The van der Waals surface area contributed by atoms with Crippen molar-refractivity contribution in [3.63, 3.8) is 0 Å². The van der Waals surface area contributed by atoms with Crippen LogP contribution < -0.4 is 5.32 Å². The van der Waals surface area contributed by atoms with Crippen LogP contribution in [-0.4, -0.2) is 23.0 Å². The topological polar surface area (TPSA) is 66.4 Å². The van der Waals surface area contributed by atoms with E-state index >= 15 is 0 Å². The predicted molar refractivity (Wildman–Crippen MR) is 72.0 cm³/mol. The maximum Gasteiger partial charge on any atom is 0.311 e. The summed E-state index contributed by atoms with van der Waals surface area (Å²) in [5.41, 5.74) is -0.0670. The van der Waals surface area contributed by atoms with Crippen LogP contribution in [0.1, 0.15) is 42.1 Å². The quantitative estimate of drug-likeness (QED) is 0.893. The molecule has 1 aliphatic rings. The molecule has 2 rings (SSSR count). The number of nitrogens with one attached hydrogen (secondary N) is 1. The number of hydrogen-bond acceptors (Lipinski definition) is 2. The van der Waals surface area contributed by atoms with Crippen molar-refractivity contribution < 1.29 is 19.1 Å². The molecule has 4 nitrogen and oxygen atoms in total. The number of aliphatic carboxylic acids is 1. The van der Waals surface area contributed by atoms with Crippen molar-refractivity contribution in [1.29, 1.82) is 0 Å². The van der Waals surface area contributed by atoms with E-state index in [2.05, 4.69) is 5.32 Å². The van der Waals surface area contributed by atoms with Crippen molar-refractivity contribution in [2.24, 2.45) is 5.41 Å². The first-order valence-electron chi connectivity index (χ1n) is 6.64. The van der Waals surface area contributed by atoms with E-state index in [0.29, 0.717) is 18.4 Å². The highest BCUT2D eigenvalue weighted by molar-refractivity contribution is 5.95. The fourth-order valence-electron chi connectivity index (χ4n) is 2.76. The molecule has 0 spiro atoms. The highest BCUT2D eigenvalue weighted by Gasteiger charge is 2.45. The van der Waals surface area contributed by atoms with Gasteiger partial charge in [0.05, 0.1) is 5.41 Å². The Hall–Kier alpha value is -1.91. The summed E-state index contributed by atoms with van der Waals surface area (Å²) in [4.78, 5) is 23.5. The Morgan fingerprint density at radius 3 is 2.70 bits per heavy atom. The Morgan fingerprint density at radius 2 is 2.10 bits per heavy atom. The number of carboxylic acids is 1. The average molecular weight is 279 g/mol. The third-order valence-electron chi connectivity index (χ3n) is 4.06. The lowest BCUT2D eigenvalue weighted by atomic mass is 9.85. The van der Waals surface area contributed by atoms with Crippen LogP contribution in [0, 0.1) is 18.2 Å². The molecule has 1 aliphatic carbocycles. The summed E-state index contributed by atoms with van der Waals surface area (Å²) >= 11 is 0. The van der Waals surface area contributed by atoms with Gasteiger partial charge in [-0.15, -0.1) is 0 Å². The molecule has 2 unspecified atom stereocenters. The summed E-state index contributed by atoms with van der Waals surface area (Å²) in [6.45, 7) is 3.35. The monoisotopic (exact) mass is 279 g/mol. The molecular weight excluding hydrogens is 261 g/mol. The first kappa shape index (κ1) is 14.5. The van der Waals surface area contributed by atoms with Crippen molar-refractivity contribution in [2.75, 3.05) is 0 Å². The molecule has 0 saturated heterocycles. The zero-order valence-corrected chi connectivity index (χ0v) is 11.6. The highest BCUT2D eigenvalue weighted by Crippen LogP contribution is 2.38. The van der Waals surface area contributed by atoms with E-state index < -0.39 is 29.2 Å². The molecule has 108 valence electrons. The van der Waals surface area contributed by atoms with Gasteiger partial charge in [0.25, 0.3) is 5.91 Å². The molecule has 0 aliphatic heterocycles. The molecule has 1 fully saturated rings. The maximum absolute atomic E-state index is 13.3. The number of aryl methyl sites for hydroxylation is 1. The SMILES string of the molecule is Cc1cc(F)cc(C(=O)NC2CCCC2(C)C(=O)O)c1. The molecular formula is C15H18FNO3. The average Bonchev–Trinajstić information content (AvgIpc) is 2.71. The Bertz CT molecular complexity index is 538. The number of carbonyl (C=O) groups excluding carboxylic acids is 1. The molecule has 0 aromatic heterocycles. The predicted octanol–water partition coefficient (Wildman–Crippen LogP) is 2.51. The Morgan fingerprint density at radius 1 is 1.40 bits per heavy atom. The lowest BCUT2D eigenvalue weighted by Gasteiger charge is -2.27. The molecule has 0 radical (unpaired) electrons. The van der Waals surface area contributed by atoms with Gasteiger partial charge in [0.1, 0.15) is 5.82 Å². The number of rotatable bonds is 3. The van der Waals surface area contributed by atoms with E-state index in [9.17, 15) is 19.1 Å². The van der Waals surface area contributed by atoms with Gasteiger partial charge in [-0.25, -0.2) is 4.39 Å². The molecule has 1 saturated carbocycles. The van der Waals surface area contributed by atoms with Crippen LogP contribution >= 0.6 is 0 Å². The second kappa shape index (κ2) is 5.23. The molecule has 0 bridgehead atoms. The van der Waals surface area contributed by atoms with Crippen molar-refractivity contribution in [3.8, 4) is 0 Å². The van der Waals surface area contributed by atoms with Crippen molar-refractivity contribution in [1.82, 2.24) is 5.32 Å². The summed E-state index contributed by atoms with van der Waals surface area (Å²) < 4.78 is 13.3. The standard InChI is InChI=1S/C15H18FNO3/c1-9-6-10(8-11(16)7-9)13(18)17-12-4-3-5-15(12,2)14(19)20/h6-8,12H,3-5H2,1-2H3,(H,17,18)(H,19,20). The van der Waals surface area contributed by atoms with Crippen molar-refractivity contribution in [2.45, 2.75) is 39.2 Å². The van der Waals surface area contributed by atoms with Crippen LogP contribution in [0.5, 0.6) is 0 Å². The molecule has 5 heteroatoms. The molecule has 2 atom stereocenters. The van der Waals surface area contributed by atoms with Gasteiger partial charge in [-0.3, -0.25) is 9.59 Å². The molecule has 1 amide bonds.